The summed E-state index contributed by atoms with van der Waals surface area (Å²) in [6.07, 6.45) is 2.31. The van der Waals surface area contributed by atoms with Crippen molar-refractivity contribution in [2.75, 3.05) is 0 Å². The topological polar surface area (TPSA) is 61.0 Å². The van der Waals surface area contributed by atoms with Gasteiger partial charge in [-0.25, -0.2) is 4.98 Å². The van der Waals surface area contributed by atoms with Gasteiger partial charge >= 0.3 is 0 Å². The number of H-pyrrole nitrogens is 1. The van der Waals surface area contributed by atoms with E-state index in [2.05, 4.69) is 20.2 Å². The Kier molecular flexibility index (Phi) is 5.23. The molecule has 0 fully saturated rings. The van der Waals surface area contributed by atoms with Crippen LogP contribution in [0.1, 0.15) is 22.5 Å². The predicted octanol–water partition coefficient (Wildman–Crippen LogP) is 3.31. The van der Waals surface area contributed by atoms with E-state index in [1.54, 1.807) is 6.33 Å². The number of carbonyl (C=O) groups is 1. The number of aromatic amines is 1. The molecule has 1 aliphatic heterocycles. The second-order valence-corrected chi connectivity index (χ2v) is 7.22. The summed E-state index contributed by atoms with van der Waals surface area (Å²) in [6.45, 7) is 1.87. The minimum atomic E-state index is -0.250. The number of aromatic nitrogens is 2. The van der Waals surface area contributed by atoms with Crippen LogP contribution in [0.4, 0.5) is 0 Å². The monoisotopic (exact) mass is 380 g/mol. The SMILES string of the molecule is O=C(NCc1ccccc1)C1Cc2nc[nH]c2CN1Cc1ccc(Cl)cc1. The normalized spacial score (nSPS) is 16.7. The Hall–Kier alpha value is -2.63. The molecule has 1 atom stereocenters. The molecule has 138 valence electrons. The zero-order valence-corrected chi connectivity index (χ0v) is 15.6. The second-order valence-electron chi connectivity index (χ2n) is 6.78. The number of amides is 1. The fourth-order valence-corrected chi connectivity index (χ4v) is 3.57. The van der Waals surface area contributed by atoms with E-state index in [1.807, 2.05) is 54.6 Å². The van der Waals surface area contributed by atoms with Gasteiger partial charge in [0, 0.05) is 31.1 Å². The van der Waals surface area contributed by atoms with E-state index >= 15 is 0 Å². The van der Waals surface area contributed by atoms with Gasteiger partial charge < -0.3 is 10.3 Å². The summed E-state index contributed by atoms with van der Waals surface area (Å²) in [5, 5.41) is 3.79. The molecule has 1 aliphatic rings. The Labute approximate surface area is 163 Å². The van der Waals surface area contributed by atoms with Gasteiger partial charge in [0.15, 0.2) is 0 Å². The molecular formula is C21H21ClN4O. The third-order valence-corrected chi connectivity index (χ3v) is 5.16. The van der Waals surface area contributed by atoms with Crippen LogP contribution in [0.3, 0.4) is 0 Å². The summed E-state index contributed by atoms with van der Waals surface area (Å²) in [4.78, 5) is 22.7. The van der Waals surface area contributed by atoms with E-state index in [1.165, 1.54) is 0 Å². The first kappa shape index (κ1) is 17.8. The molecule has 5 nitrogen and oxygen atoms in total. The first-order valence-electron chi connectivity index (χ1n) is 9.00. The molecule has 0 saturated heterocycles. The van der Waals surface area contributed by atoms with Crippen molar-refractivity contribution in [2.24, 2.45) is 0 Å². The van der Waals surface area contributed by atoms with Gasteiger partial charge in [-0.1, -0.05) is 54.1 Å². The fraction of sp³-hybridized carbons (Fsp3) is 0.238. The van der Waals surface area contributed by atoms with Crippen LogP contribution in [-0.2, 0) is 30.8 Å². The molecule has 0 saturated carbocycles. The van der Waals surface area contributed by atoms with E-state index in [0.717, 1.165) is 22.5 Å². The van der Waals surface area contributed by atoms with Crippen molar-refractivity contribution in [3.63, 3.8) is 0 Å². The number of hydrogen-bond donors (Lipinski definition) is 2. The van der Waals surface area contributed by atoms with Crippen LogP contribution < -0.4 is 5.32 Å². The Bertz CT molecular complexity index is 907. The van der Waals surface area contributed by atoms with Gasteiger partial charge in [0.05, 0.1) is 23.8 Å². The number of imidazole rings is 1. The van der Waals surface area contributed by atoms with Crippen LogP contribution in [-0.4, -0.2) is 26.8 Å². The highest BCUT2D eigenvalue weighted by Gasteiger charge is 2.32. The highest BCUT2D eigenvalue weighted by molar-refractivity contribution is 6.30. The average molecular weight is 381 g/mol. The minimum Gasteiger partial charge on any atom is -0.351 e. The maximum absolute atomic E-state index is 12.9. The van der Waals surface area contributed by atoms with Gasteiger partial charge in [0.1, 0.15) is 0 Å². The maximum atomic E-state index is 12.9. The summed E-state index contributed by atoms with van der Waals surface area (Å²) in [7, 11) is 0. The van der Waals surface area contributed by atoms with Gasteiger partial charge in [0.2, 0.25) is 5.91 Å². The number of hydrogen-bond acceptors (Lipinski definition) is 3. The molecule has 0 aliphatic carbocycles. The van der Waals surface area contributed by atoms with Crippen LogP contribution in [0.5, 0.6) is 0 Å². The second kappa shape index (κ2) is 7.94. The molecule has 2 heterocycles. The first-order chi connectivity index (χ1) is 13.2. The first-order valence-corrected chi connectivity index (χ1v) is 9.38. The third-order valence-electron chi connectivity index (χ3n) is 4.91. The van der Waals surface area contributed by atoms with Crippen molar-refractivity contribution in [1.29, 1.82) is 0 Å². The van der Waals surface area contributed by atoms with Crippen molar-refractivity contribution >= 4 is 17.5 Å². The molecular weight excluding hydrogens is 360 g/mol. The van der Waals surface area contributed by atoms with Crippen molar-refractivity contribution in [2.45, 2.75) is 32.1 Å². The Balaban J connectivity index is 1.50. The Morgan fingerprint density at radius 1 is 1.15 bits per heavy atom. The van der Waals surface area contributed by atoms with E-state index < -0.39 is 0 Å². The van der Waals surface area contributed by atoms with Gasteiger partial charge in [-0.2, -0.15) is 0 Å². The lowest BCUT2D eigenvalue weighted by molar-refractivity contribution is -0.127. The van der Waals surface area contributed by atoms with Crippen molar-refractivity contribution in [3.05, 3.63) is 88.5 Å². The van der Waals surface area contributed by atoms with Crippen molar-refractivity contribution < 1.29 is 4.79 Å². The van der Waals surface area contributed by atoms with Crippen LogP contribution in [0, 0.1) is 0 Å². The van der Waals surface area contributed by atoms with Crippen molar-refractivity contribution in [3.8, 4) is 0 Å². The number of nitrogens with one attached hydrogen (secondary N) is 2. The molecule has 1 unspecified atom stereocenters. The summed E-state index contributed by atoms with van der Waals surface area (Å²) in [5.41, 5.74) is 4.27. The number of halogens is 1. The van der Waals surface area contributed by atoms with Crippen LogP contribution >= 0.6 is 11.6 Å². The number of fused-ring (bicyclic) bond motifs is 1. The minimum absolute atomic E-state index is 0.0291. The lowest BCUT2D eigenvalue weighted by Crippen LogP contribution is -2.49. The zero-order chi connectivity index (χ0) is 18.6. The van der Waals surface area contributed by atoms with E-state index in [9.17, 15) is 4.79 Å². The lowest BCUT2D eigenvalue weighted by Gasteiger charge is -2.34. The number of nitrogens with zero attached hydrogens (tertiary/aromatic N) is 2. The van der Waals surface area contributed by atoms with Gasteiger partial charge in [-0.05, 0) is 23.3 Å². The summed E-state index contributed by atoms with van der Waals surface area (Å²) in [5.74, 6) is 0.0291. The largest absolute Gasteiger partial charge is 0.351 e. The molecule has 3 aromatic rings. The zero-order valence-electron chi connectivity index (χ0n) is 14.9. The highest BCUT2D eigenvalue weighted by atomic mass is 35.5. The number of benzene rings is 2. The third kappa shape index (κ3) is 4.21. The molecule has 0 bridgehead atoms. The average Bonchev–Trinajstić information content (AvgIpc) is 3.15. The fourth-order valence-electron chi connectivity index (χ4n) is 3.44. The van der Waals surface area contributed by atoms with Crippen molar-refractivity contribution in [1.82, 2.24) is 20.2 Å². The predicted molar refractivity (Wildman–Crippen MR) is 105 cm³/mol. The molecule has 0 spiro atoms. The summed E-state index contributed by atoms with van der Waals surface area (Å²) in [6, 6.07) is 17.5. The van der Waals surface area contributed by atoms with E-state index in [0.29, 0.717) is 31.1 Å². The Morgan fingerprint density at radius 2 is 1.93 bits per heavy atom. The number of carbonyl (C=O) groups excluding carboxylic acids is 1. The molecule has 6 heteroatoms. The molecule has 1 aromatic heterocycles. The molecule has 2 aromatic carbocycles. The molecule has 27 heavy (non-hydrogen) atoms. The van der Waals surface area contributed by atoms with Gasteiger partial charge in [0.25, 0.3) is 0 Å². The lowest BCUT2D eigenvalue weighted by atomic mass is 10.0. The summed E-state index contributed by atoms with van der Waals surface area (Å²) >= 11 is 5.99. The maximum Gasteiger partial charge on any atom is 0.238 e. The molecule has 2 N–H and O–H groups in total. The highest BCUT2D eigenvalue weighted by Crippen LogP contribution is 2.23. The van der Waals surface area contributed by atoms with Crippen LogP contribution in [0.2, 0.25) is 5.02 Å². The van der Waals surface area contributed by atoms with Crippen LogP contribution in [0.25, 0.3) is 0 Å². The quantitative estimate of drug-likeness (QED) is 0.714. The Morgan fingerprint density at radius 3 is 2.70 bits per heavy atom. The standard InChI is InChI=1S/C21H21ClN4O/c22-17-8-6-16(7-9-17)12-26-13-19-18(24-14-25-19)10-20(26)21(27)23-11-15-4-2-1-3-5-15/h1-9,14,20H,10-13H2,(H,23,27)(H,24,25). The van der Waals surface area contributed by atoms with E-state index in [-0.39, 0.29) is 11.9 Å². The molecule has 0 radical (unpaired) electrons. The van der Waals surface area contributed by atoms with Gasteiger partial charge in [-0.3, -0.25) is 9.69 Å². The molecule has 4 rings (SSSR count). The summed E-state index contributed by atoms with van der Waals surface area (Å²) < 4.78 is 0. The van der Waals surface area contributed by atoms with Crippen LogP contribution in [0.15, 0.2) is 60.9 Å². The van der Waals surface area contributed by atoms with Gasteiger partial charge in [-0.15, -0.1) is 0 Å². The number of rotatable bonds is 5. The molecule has 1 amide bonds. The smallest absolute Gasteiger partial charge is 0.238 e. The van der Waals surface area contributed by atoms with E-state index in [4.69, 9.17) is 11.6 Å².